The first-order valence-corrected chi connectivity index (χ1v) is 8.07. The van der Waals surface area contributed by atoms with Crippen LogP contribution in [0.3, 0.4) is 0 Å². The van der Waals surface area contributed by atoms with Crippen molar-refractivity contribution < 1.29 is 9.53 Å². The molecule has 1 rings (SSSR count). The maximum Gasteiger partial charge on any atom is 0.305 e. The molecular weight excluding hydrogens is 294 g/mol. The van der Waals surface area contributed by atoms with Gasteiger partial charge in [0.25, 0.3) is 0 Å². The second-order valence-electron chi connectivity index (χ2n) is 5.43. The van der Waals surface area contributed by atoms with Crippen molar-refractivity contribution in [1.82, 2.24) is 20.4 Å². The quantitative estimate of drug-likeness (QED) is 0.327. The Bertz CT molecular complexity index is 537. The average molecular weight is 323 g/mol. The van der Waals surface area contributed by atoms with E-state index in [0.29, 0.717) is 13.0 Å². The fourth-order valence-electron chi connectivity index (χ4n) is 2.25. The summed E-state index contributed by atoms with van der Waals surface area (Å²) < 4.78 is 6.51. The average Bonchev–Trinajstić information content (AvgIpc) is 2.77. The number of rotatable bonds is 8. The molecule has 0 radical (unpaired) electrons. The van der Waals surface area contributed by atoms with E-state index in [0.717, 1.165) is 48.8 Å². The molecule has 0 saturated carbocycles. The smallest absolute Gasteiger partial charge is 0.305 e. The second-order valence-corrected chi connectivity index (χ2v) is 5.43. The minimum absolute atomic E-state index is 0.159. The molecule has 0 bridgehead atoms. The number of unbranched alkanes of at least 4 members (excludes halogenated alkanes) is 1. The summed E-state index contributed by atoms with van der Waals surface area (Å²) in [7, 11) is 3.36. The largest absolute Gasteiger partial charge is 0.469 e. The maximum absolute atomic E-state index is 11.0. The van der Waals surface area contributed by atoms with Crippen molar-refractivity contribution in [3.8, 4) is 0 Å². The number of aromatic nitrogens is 2. The van der Waals surface area contributed by atoms with Gasteiger partial charge in [-0.15, -0.1) is 0 Å². The van der Waals surface area contributed by atoms with Gasteiger partial charge in [-0.25, -0.2) is 4.99 Å². The highest BCUT2D eigenvalue weighted by Crippen LogP contribution is 2.12. The van der Waals surface area contributed by atoms with Crippen LogP contribution in [0.25, 0.3) is 0 Å². The molecule has 0 amide bonds. The summed E-state index contributed by atoms with van der Waals surface area (Å²) in [4.78, 5) is 15.7. The van der Waals surface area contributed by atoms with Crippen molar-refractivity contribution >= 4 is 11.9 Å². The van der Waals surface area contributed by atoms with Gasteiger partial charge in [-0.05, 0) is 33.6 Å². The van der Waals surface area contributed by atoms with E-state index in [-0.39, 0.29) is 5.97 Å². The van der Waals surface area contributed by atoms with Gasteiger partial charge in [0.15, 0.2) is 5.96 Å². The van der Waals surface area contributed by atoms with E-state index in [1.807, 2.05) is 25.6 Å². The van der Waals surface area contributed by atoms with Crippen molar-refractivity contribution in [3.63, 3.8) is 0 Å². The minimum Gasteiger partial charge on any atom is -0.469 e. The van der Waals surface area contributed by atoms with E-state index in [1.165, 1.54) is 7.11 Å². The molecule has 0 aliphatic carbocycles. The Hall–Kier alpha value is -2.05. The van der Waals surface area contributed by atoms with Crippen LogP contribution in [-0.4, -0.2) is 41.9 Å². The molecule has 0 unspecified atom stereocenters. The van der Waals surface area contributed by atoms with Gasteiger partial charge in [0.2, 0.25) is 0 Å². The normalized spacial score (nSPS) is 11.4. The van der Waals surface area contributed by atoms with Crippen LogP contribution in [0.4, 0.5) is 0 Å². The lowest BCUT2D eigenvalue weighted by atomic mass is 10.2. The Labute approximate surface area is 138 Å². The zero-order valence-electron chi connectivity index (χ0n) is 14.9. The molecule has 0 spiro atoms. The monoisotopic (exact) mass is 323 g/mol. The standard InChI is InChI=1S/C16H29N5O2/c1-6-17-16(18-10-8-7-9-15(22)23-5)19-11-14-12(2)20-21(4)13(14)3/h6-11H2,1-5H3,(H2,17,18,19). The van der Waals surface area contributed by atoms with Gasteiger partial charge in [0.1, 0.15) is 0 Å². The highest BCUT2D eigenvalue weighted by atomic mass is 16.5. The van der Waals surface area contributed by atoms with Gasteiger partial charge in [-0.1, -0.05) is 0 Å². The van der Waals surface area contributed by atoms with E-state index in [9.17, 15) is 4.79 Å². The molecule has 7 heteroatoms. The first-order chi connectivity index (χ1) is 11.0. The fourth-order valence-corrected chi connectivity index (χ4v) is 2.25. The molecule has 0 atom stereocenters. The predicted molar refractivity (Wildman–Crippen MR) is 91.4 cm³/mol. The van der Waals surface area contributed by atoms with E-state index < -0.39 is 0 Å². The number of carbonyl (C=O) groups is 1. The number of hydrogen-bond acceptors (Lipinski definition) is 4. The molecule has 1 aromatic rings. The zero-order chi connectivity index (χ0) is 17.2. The van der Waals surface area contributed by atoms with Gasteiger partial charge >= 0.3 is 5.97 Å². The summed E-state index contributed by atoms with van der Waals surface area (Å²) in [5.41, 5.74) is 3.32. The first kappa shape index (κ1) is 19.0. The van der Waals surface area contributed by atoms with Gasteiger partial charge in [-0.3, -0.25) is 9.48 Å². The number of ether oxygens (including phenoxy) is 1. The number of nitrogens with zero attached hydrogens (tertiary/aromatic N) is 3. The number of nitrogens with one attached hydrogen (secondary N) is 2. The number of esters is 1. The van der Waals surface area contributed by atoms with Gasteiger partial charge in [-0.2, -0.15) is 5.10 Å². The van der Waals surface area contributed by atoms with Gasteiger partial charge in [0.05, 0.1) is 19.3 Å². The molecule has 1 heterocycles. The van der Waals surface area contributed by atoms with Crippen molar-refractivity contribution in [2.75, 3.05) is 20.2 Å². The van der Waals surface area contributed by atoms with Crippen LogP contribution >= 0.6 is 0 Å². The second kappa shape index (κ2) is 9.86. The van der Waals surface area contributed by atoms with Crippen LogP contribution in [0.2, 0.25) is 0 Å². The number of hydrogen-bond donors (Lipinski definition) is 2. The van der Waals surface area contributed by atoms with Crippen LogP contribution in [0.5, 0.6) is 0 Å². The van der Waals surface area contributed by atoms with Crippen LogP contribution in [0.1, 0.15) is 43.1 Å². The Morgan fingerprint density at radius 3 is 2.61 bits per heavy atom. The van der Waals surface area contributed by atoms with Crippen molar-refractivity contribution in [1.29, 1.82) is 0 Å². The molecule has 0 fully saturated rings. The van der Waals surface area contributed by atoms with Crippen molar-refractivity contribution in [2.24, 2.45) is 12.0 Å². The summed E-state index contributed by atoms with van der Waals surface area (Å²) in [6, 6.07) is 0. The molecule has 0 saturated heterocycles. The third kappa shape index (κ3) is 6.30. The SMILES string of the molecule is CCNC(=NCc1c(C)nn(C)c1C)NCCCCC(=O)OC. The molecule has 7 nitrogen and oxygen atoms in total. The highest BCUT2D eigenvalue weighted by molar-refractivity contribution is 5.79. The van der Waals surface area contributed by atoms with E-state index in [1.54, 1.807) is 0 Å². The molecule has 0 aliphatic rings. The number of methoxy groups -OCH3 is 1. The summed E-state index contributed by atoms with van der Waals surface area (Å²) >= 11 is 0. The molecule has 130 valence electrons. The molecule has 2 N–H and O–H groups in total. The lowest BCUT2D eigenvalue weighted by Crippen LogP contribution is -2.37. The van der Waals surface area contributed by atoms with E-state index in [4.69, 9.17) is 0 Å². The van der Waals surface area contributed by atoms with Crippen molar-refractivity contribution in [2.45, 2.75) is 46.6 Å². The van der Waals surface area contributed by atoms with Crippen LogP contribution in [0, 0.1) is 13.8 Å². The minimum atomic E-state index is -0.159. The van der Waals surface area contributed by atoms with E-state index >= 15 is 0 Å². The number of aryl methyl sites for hydroxylation is 2. The van der Waals surface area contributed by atoms with Crippen LogP contribution < -0.4 is 10.6 Å². The number of aliphatic imine (C=N–C) groups is 1. The number of carbonyl (C=O) groups excluding carboxylic acids is 1. The molecule has 0 aromatic carbocycles. The maximum atomic E-state index is 11.0. The first-order valence-electron chi connectivity index (χ1n) is 8.07. The molecule has 0 aliphatic heterocycles. The Morgan fingerprint density at radius 1 is 1.30 bits per heavy atom. The fraction of sp³-hybridized carbons (Fsp3) is 0.688. The van der Waals surface area contributed by atoms with Gasteiger partial charge in [0, 0.05) is 37.8 Å². The molecule has 23 heavy (non-hydrogen) atoms. The summed E-state index contributed by atoms with van der Waals surface area (Å²) in [6.07, 6.45) is 2.16. The van der Waals surface area contributed by atoms with E-state index in [2.05, 4.69) is 32.4 Å². The van der Waals surface area contributed by atoms with Gasteiger partial charge < -0.3 is 15.4 Å². The summed E-state index contributed by atoms with van der Waals surface area (Å²) in [5, 5.41) is 10.9. The summed E-state index contributed by atoms with van der Waals surface area (Å²) in [6.45, 7) is 8.27. The number of guanidine groups is 1. The Morgan fingerprint density at radius 2 is 2.04 bits per heavy atom. The molecule has 1 aromatic heterocycles. The molecular formula is C16H29N5O2. The lowest BCUT2D eigenvalue weighted by Gasteiger charge is -2.11. The Kier molecular flexibility index (Phi) is 8.15. The lowest BCUT2D eigenvalue weighted by molar-refractivity contribution is -0.140. The van der Waals surface area contributed by atoms with Crippen LogP contribution in [-0.2, 0) is 23.1 Å². The highest BCUT2D eigenvalue weighted by Gasteiger charge is 2.09. The zero-order valence-corrected chi connectivity index (χ0v) is 14.9. The van der Waals surface area contributed by atoms with Crippen LogP contribution in [0.15, 0.2) is 4.99 Å². The summed E-state index contributed by atoms with van der Waals surface area (Å²) in [5.74, 6) is 0.626. The third-order valence-electron chi connectivity index (χ3n) is 3.73. The topological polar surface area (TPSA) is 80.5 Å². The Balaban J connectivity index is 2.48. The predicted octanol–water partition coefficient (Wildman–Crippen LogP) is 1.44. The van der Waals surface area contributed by atoms with Crippen molar-refractivity contribution in [3.05, 3.63) is 17.0 Å². The third-order valence-corrected chi connectivity index (χ3v) is 3.73.